The highest BCUT2D eigenvalue weighted by Crippen LogP contribution is 2.27. The van der Waals surface area contributed by atoms with E-state index in [4.69, 9.17) is 33.4 Å². The van der Waals surface area contributed by atoms with Crippen LogP contribution in [0, 0.1) is 0 Å². The van der Waals surface area contributed by atoms with E-state index in [-0.39, 0.29) is 21.5 Å². The van der Waals surface area contributed by atoms with E-state index in [1.165, 1.54) is 24.5 Å². The minimum atomic E-state index is -3.98. The van der Waals surface area contributed by atoms with E-state index < -0.39 is 22.5 Å². The Hall–Kier alpha value is -1.54. The fourth-order valence-electron chi connectivity index (χ4n) is 1.76. The number of hydrogen-bond donors (Lipinski definition) is 1. The first kappa shape index (κ1) is 16.8. The molecule has 0 radical (unpaired) electrons. The summed E-state index contributed by atoms with van der Waals surface area (Å²) in [6.45, 7) is -0.609. The molecule has 0 saturated carbocycles. The fraction of sp³-hybridized carbons (Fsp3) is 0.154. The molecule has 2 rings (SSSR count). The number of amides is 1. The van der Waals surface area contributed by atoms with Gasteiger partial charge in [0.25, 0.3) is 0 Å². The number of rotatable bonds is 6. The van der Waals surface area contributed by atoms with Crippen molar-refractivity contribution < 1.29 is 17.6 Å². The van der Waals surface area contributed by atoms with E-state index in [1.807, 2.05) is 0 Å². The highest BCUT2D eigenvalue weighted by molar-refractivity contribution is 7.89. The van der Waals surface area contributed by atoms with E-state index >= 15 is 0 Å². The van der Waals surface area contributed by atoms with Gasteiger partial charge in [0.2, 0.25) is 15.9 Å². The summed E-state index contributed by atoms with van der Waals surface area (Å²) >= 11 is 11.6. The molecular weight excluding hydrogens is 351 g/mol. The van der Waals surface area contributed by atoms with E-state index in [1.54, 1.807) is 12.1 Å². The van der Waals surface area contributed by atoms with Gasteiger partial charge in [-0.15, -0.1) is 0 Å². The molecule has 0 bridgehead atoms. The molecule has 9 heteroatoms. The molecule has 118 valence electrons. The van der Waals surface area contributed by atoms with Crippen LogP contribution in [0.25, 0.3) is 0 Å². The maximum absolute atomic E-state index is 12.6. The summed E-state index contributed by atoms with van der Waals surface area (Å²) in [7, 11) is -3.98. The van der Waals surface area contributed by atoms with E-state index in [0.29, 0.717) is 5.76 Å². The van der Waals surface area contributed by atoms with Crippen LogP contribution in [0.3, 0.4) is 0 Å². The average molecular weight is 363 g/mol. The largest absolute Gasteiger partial charge is 0.468 e. The monoisotopic (exact) mass is 362 g/mol. The number of benzene rings is 1. The predicted octanol–water partition coefficient (Wildman–Crippen LogP) is 2.26. The van der Waals surface area contributed by atoms with Crippen LogP contribution in [-0.2, 0) is 21.4 Å². The number of primary amides is 1. The second-order valence-corrected chi connectivity index (χ2v) is 7.15. The summed E-state index contributed by atoms with van der Waals surface area (Å²) in [5.74, 6) is -0.403. The van der Waals surface area contributed by atoms with Gasteiger partial charge in [-0.2, -0.15) is 4.31 Å². The van der Waals surface area contributed by atoms with Gasteiger partial charge in [0.1, 0.15) is 5.76 Å². The zero-order chi connectivity index (χ0) is 16.3. The molecule has 22 heavy (non-hydrogen) atoms. The Morgan fingerprint density at radius 1 is 1.23 bits per heavy atom. The number of hydrogen-bond acceptors (Lipinski definition) is 4. The summed E-state index contributed by atoms with van der Waals surface area (Å²) in [4.78, 5) is 11.1. The Balaban J connectivity index is 2.39. The average Bonchev–Trinajstić information content (AvgIpc) is 2.93. The summed E-state index contributed by atoms with van der Waals surface area (Å²) in [6.07, 6.45) is 1.41. The van der Waals surface area contributed by atoms with Crippen LogP contribution in [0.5, 0.6) is 0 Å². The third kappa shape index (κ3) is 3.80. The second kappa shape index (κ2) is 6.70. The first-order chi connectivity index (χ1) is 10.3. The van der Waals surface area contributed by atoms with Gasteiger partial charge in [-0.1, -0.05) is 23.2 Å². The molecule has 2 N–H and O–H groups in total. The van der Waals surface area contributed by atoms with Crippen molar-refractivity contribution in [2.45, 2.75) is 11.4 Å². The van der Waals surface area contributed by atoms with Crippen LogP contribution in [0.15, 0.2) is 45.9 Å². The molecule has 0 aliphatic rings. The lowest BCUT2D eigenvalue weighted by molar-refractivity contribution is -0.118. The lowest BCUT2D eigenvalue weighted by Gasteiger charge is -2.20. The van der Waals surface area contributed by atoms with Gasteiger partial charge in [-0.3, -0.25) is 4.79 Å². The van der Waals surface area contributed by atoms with Crippen molar-refractivity contribution in [2.75, 3.05) is 6.54 Å². The topological polar surface area (TPSA) is 93.6 Å². The molecule has 0 spiro atoms. The Labute approximate surface area is 137 Å². The Morgan fingerprint density at radius 3 is 2.50 bits per heavy atom. The number of nitrogens with zero attached hydrogens (tertiary/aromatic N) is 1. The van der Waals surface area contributed by atoms with Gasteiger partial charge in [0.15, 0.2) is 0 Å². The molecular formula is C13H12Cl2N2O4S. The van der Waals surface area contributed by atoms with E-state index in [0.717, 1.165) is 4.31 Å². The maximum Gasteiger partial charge on any atom is 0.244 e. The van der Waals surface area contributed by atoms with Gasteiger partial charge >= 0.3 is 0 Å². The second-order valence-electron chi connectivity index (χ2n) is 4.39. The molecule has 1 heterocycles. The van der Waals surface area contributed by atoms with Crippen molar-refractivity contribution in [2.24, 2.45) is 5.73 Å². The Morgan fingerprint density at radius 2 is 1.95 bits per heavy atom. The van der Waals surface area contributed by atoms with E-state index in [9.17, 15) is 13.2 Å². The molecule has 0 atom stereocenters. The van der Waals surface area contributed by atoms with Crippen molar-refractivity contribution >= 4 is 39.1 Å². The minimum Gasteiger partial charge on any atom is -0.468 e. The first-order valence-electron chi connectivity index (χ1n) is 6.06. The van der Waals surface area contributed by atoms with Crippen LogP contribution < -0.4 is 5.73 Å². The minimum absolute atomic E-state index is 0.0882. The molecule has 0 unspecified atom stereocenters. The molecule has 0 saturated heterocycles. The van der Waals surface area contributed by atoms with Crippen molar-refractivity contribution in [1.29, 1.82) is 0 Å². The van der Waals surface area contributed by atoms with Crippen LogP contribution in [0.2, 0.25) is 10.0 Å². The van der Waals surface area contributed by atoms with Crippen LogP contribution >= 0.6 is 23.2 Å². The molecule has 1 aromatic heterocycles. The van der Waals surface area contributed by atoms with Gasteiger partial charge in [0.05, 0.1) is 34.3 Å². The van der Waals surface area contributed by atoms with Crippen LogP contribution in [0.1, 0.15) is 5.76 Å². The lowest BCUT2D eigenvalue weighted by atomic mass is 10.4. The summed E-state index contributed by atoms with van der Waals surface area (Å²) in [6, 6.07) is 7.10. The summed E-state index contributed by atoms with van der Waals surface area (Å²) in [5.41, 5.74) is 5.13. The molecule has 0 aliphatic heterocycles. The maximum atomic E-state index is 12.6. The van der Waals surface area contributed by atoms with Crippen molar-refractivity contribution in [3.63, 3.8) is 0 Å². The highest BCUT2D eigenvalue weighted by atomic mass is 35.5. The van der Waals surface area contributed by atoms with Gasteiger partial charge < -0.3 is 10.2 Å². The third-order valence-electron chi connectivity index (χ3n) is 2.77. The van der Waals surface area contributed by atoms with Gasteiger partial charge in [-0.05, 0) is 30.3 Å². The number of nitrogens with two attached hydrogens (primary N) is 1. The molecule has 2 aromatic rings. The predicted molar refractivity (Wildman–Crippen MR) is 82.0 cm³/mol. The molecule has 0 aliphatic carbocycles. The molecule has 6 nitrogen and oxygen atoms in total. The highest BCUT2D eigenvalue weighted by Gasteiger charge is 2.27. The SMILES string of the molecule is NC(=O)CN(Cc1ccco1)S(=O)(=O)c1ccc(Cl)c(Cl)c1. The lowest BCUT2D eigenvalue weighted by Crippen LogP contribution is -2.37. The van der Waals surface area contributed by atoms with Crippen LogP contribution in [0.4, 0.5) is 0 Å². The molecule has 1 amide bonds. The fourth-order valence-corrected chi connectivity index (χ4v) is 3.52. The number of furan rings is 1. The molecule has 0 fully saturated rings. The zero-order valence-corrected chi connectivity index (χ0v) is 13.5. The summed E-state index contributed by atoms with van der Waals surface area (Å²) < 4.78 is 31.3. The Kier molecular flexibility index (Phi) is 5.12. The smallest absolute Gasteiger partial charge is 0.244 e. The Bertz CT molecular complexity index is 775. The third-order valence-corrected chi connectivity index (χ3v) is 5.30. The number of sulfonamides is 1. The standard InChI is InChI=1S/C13H12Cl2N2O4S/c14-11-4-3-10(6-12(11)15)22(19,20)17(8-13(16)18)7-9-2-1-5-21-9/h1-6H,7-8H2,(H2,16,18). The van der Waals surface area contributed by atoms with Crippen molar-refractivity contribution in [3.05, 3.63) is 52.4 Å². The normalized spacial score (nSPS) is 11.8. The zero-order valence-electron chi connectivity index (χ0n) is 11.2. The quantitative estimate of drug-likeness (QED) is 0.852. The van der Waals surface area contributed by atoms with Crippen LogP contribution in [-0.4, -0.2) is 25.2 Å². The van der Waals surface area contributed by atoms with Crippen molar-refractivity contribution in [3.8, 4) is 0 Å². The van der Waals surface area contributed by atoms with Crippen molar-refractivity contribution in [1.82, 2.24) is 4.31 Å². The number of carbonyl (C=O) groups is 1. The first-order valence-corrected chi connectivity index (χ1v) is 8.26. The van der Waals surface area contributed by atoms with Gasteiger partial charge in [0, 0.05) is 0 Å². The number of halogens is 2. The molecule has 1 aromatic carbocycles. The van der Waals surface area contributed by atoms with E-state index in [2.05, 4.69) is 0 Å². The van der Waals surface area contributed by atoms with Gasteiger partial charge in [-0.25, -0.2) is 8.42 Å². The number of carbonyl (C=O) groups excluding carboxylic acids is 1. The summed E-state index contributed by atoms with van der Waals surface area (Å²) in [5, 5.41) is 0.327.